The highest BCUT2D eigenvalue weighted by Crippen LogP contribution is 2.39. The molecule has 0 unspecified atom stereocenters. The summed E-state index contributed by atoms with van der Waals surface area (Å²) in [5, 5.41) is 6.63. The number of para-hydroxylation sites is 1. The van der Waals surface area contributed by atoms with Gasteiger partial charge in [0.2, 0.25) is 5.91 Å². The zero-order chi connectivity index (χ0) is 26.2. The molecule has 0 saturated carbocycles. The molecule has 2 N–H and O–H groups in total. The van der Waals surface area contributed by atoms with Gasteiger partial charge in [0, 0.05) is 22.9 Å². The number of hydrogen-bond acceptors (Lipinski definition) is 5. The van der Waals surface area contributed by atoms with Gasteiger partial charge in [0.15, 0.2) is 5.78 Å². The second-order valence-corrected chi connectivity index (χ2v) is 9.79. The monoisotopic (exact) mass is 525 g/mol. The van der Waals surface area contributed by atoms with Gasteiger partial charge >= 0.3 is 6.18 Å². The highest BCUT2D eigenvalue weighted by atomic mass is 32.1. The maximum Gasteiger partial charge on any atom is 0.416 e. The molecule has 1 amide bonds. The Kier molecular flexibility index (Phi) is 6.70. The number of benzene rings is 2. The lowest BCUT2D eigenvalue weighted by molar-refractivity contribution is -0.137. The number of ketones is 1. The normalized spacial score (nSPS) is 14.6. The van der Waals surface area contributed by atoms with Gasteiger partial charge in [-0.2, -0.15) is 13.2 Å². The van der Waals surface area contributed by atoms with Gasteiger partial charge < -0.3 is 10.6 Å². The molecule has 1 aliphatic rings. The Labute approximate surface area is 213 Å². The Morgan fingerprint density at radius 1 is 0.973 bits per heavy atom. The maximum absolute atomic E-state index is 13.7. The number of thiophene rings is 1. The van der Waals surface area contributed by atoms with Crippen LogP contribution in [-0.2, 0) is 11.0 Å². The van der Waals surface area contributed by atoms with Crippen molar-refractivity contribution in [2.45, 2.75) is 19.0 Å². The van der Waals surface area contributed by atoms with E-state index in [1.165, 1.54) is 28.8 Å². The van der Waals surface area contributed by atoms with Crippen molar-refractivity contribution in [2.24, 2.45) is 5.92 Å². The number of alkyl halides is 3. The van der Waals surface area contributed by atoms with E-state index in [0.717, 1.165) is 23.5 Å². The first-order chi connectivity index (χ1) is 17.7. The number of carbonyl (C=O) groups is 2. The van der Waals surface area contributed by atoms with E-state index in [1.807, 2.05) is 0 Å². The average Bonchev–Trinajstić information content (AvgIpc) is 3.26. The van der Waals surface area contributed by atoms with Gasteiger partial charge in [-0.25, -0.2) is 0 Å². The fraction of sp³-hybridized carbons (Fsp3) is 0.222. The third-order valence-corrected chi connectivity index (χ3v) is 7.49. The molecule has 1 fully saturated rings. The molecule has 0 radical (unpaired) electrons. The number of piperidine rings is 1. The van der Waals surface area contributed by atoms with E-state index in [-0.39, 0.29) is 33.5 Å². The molecule has 10 heteroatoms. The Morgan fingerprint density at radius 3 is 2.41 bits per heavy atom. The van der Waals surface area contributed by atoms with Crippen LogP contribution in [0.4, 0.5) is 18.2 Å². The lowest BCUT2D eigenvalue weighted by atomic mass is 9.97. The van der Waals surface area contributed by atoms with E-state index in [9.17, 15) is 27.6 Å². The number of pyridine rings is 1. The second kappa shape index (κ2) is 9.95. The zero-order valence-corrected chi connectivity index (χ0v) is 20.3. The second-order valence-electron chi connectivity index (χ2n) is 8.79. The molecular weight excluding hydrogens is 503 g/mol. The molecule has 0 atom stereocenters. The first-order valence-corrected chi connectivity index (χ1v) is 12.5. The van der Waals surface area contributed by atoms with Gasteiger partial charge in [-0.1, -0.05) is 41.7 Å². The van der Waals surface area contributed by atoms with Crippen LogP contribution in [0.3, 0.4) is 0 Å². The molecule has 2 aromatic carbocycles. The number of amides is 1. The predicted molar refractivity (Wildman–Crippen MR) is 137 cm³/mol. The predicted octanol–water partition coefficient (Wildman–Crippen LogP) is 5.24. The quantitative estimate of drug-likeness (QED) is 0.349. The lowest BCUT2D eigenvalue weighted by Gasteiger charge is -2.21. The molecule has 190 valence electrons. The van der Waals surface area contributed by atoms with Crippen molar-refractivity contribution in [2.75, 3.05) is 18.4 Å². The largest absolute Gasteiger partial charge is 0.416 e. The molecule has 5 rings (SSSR count). The van der Waals surface area contributed by atoms with Crippen LogP contribution >= 0.6 is 11.3 Å². The highest BCUT2D eigenvalue weighted by Gasteiger charge is 2.32. The van der Waals surface area contributed by atoms with Crippen LogP contribution < -0.4 is 16.2 Å². The summed E-state index contributed by atoms with van der Waals surface area (Å²) in [6, 6.07) is 15.8. The zero-order valence-electron chi connectivity index (χ0n) is 19.5. The van der Waals surface area contributed by atoms with E-state index >= 15 is 0 Å². The van der Waals surface area contributed by atoms with E-state index in [0.29, 0.717) is 41.8 Å². The number of carbonyl (C=O) groups excluding carboxylic acids is 2. The van der Waals surface area contributed by atoms with Crippen molar-refractivity contribution in [1.29, 1.82) is 0 Å². The van der Waals surface area contributed by atoms with Gasteiger partial charge in [-0.15, -0.1) is 0 Å². The van der Waals surface area contributed by atoms with Crippen LogP contribution in [-0.4, -0.2) is 29.3 Å². The van der Waals surface area contributed by atoms with Crippen LogP contribution in [0.1, 0.15) is 34.3 Å². The molecule has 37 heavy (non-hydrogen) atoms. The number of nitrogens with one attached hydrogen (secondary N) is 2. The van der Waals surface area contributed by atoms with Crippen molar-refractivity contribution >= 4 is 38.2 Å². The molecule has 6 nitrogen and oxygen atoms in total. The number of halogens is 3. The molecule has 2 aromatic heterocycles. The summed E-state index contributed by atoms with van der Waals surface area (Å²) in [4.78, 5) is 40.1. The minimum absolute atomic E-state index is 0.0614. The smallest absolute Gasteiger partial charge is 0.317 e. The van der Waals surface area contributed by atoms with E-state index in [2.05, 4.69) is 10.6 Å². The van der Waals surface area contributed by atoms with Crippen LogP contribution in [0.5, 0.6) is 0 Å². The summed E-state index contributed by atoms with van der Waals surface area (Å²) >= 11 is 1.06. The van der Waals surface area contributed by atoms with Gasteiger partial charge in [0.25, 0.3) is 5.56 Å². The first-order valence-electron chi connectivity index (χ1n) is 11.7. The molecule has 1 saturated heterocycles. The molecule has 1 aliphatic heterocycles. The molecule has 3 heterocycles. The van der Waals surface area contributed by atoms with E-state index in [1.54, 1.807) is 30.3 Å². The van der Waals surface area contributed by atoms with E-state index in [4.69, 9.17) is 0 Å². The topological polar surface area (TPSA) is 80.2 Å². The lowest BCUT2D eigenvalue weighted by Crippen LogP contribution is -2.34. The molecule has 0 bridgehead atoms. The fourth-order valence-corrected chi connectivity index (χ4v) is 5.71. The van der Waals surface area contributed by atoms with Gasteiger partial charge in [-0.05, 0) is 56.3 Å². The summed E-state index contributed by atoms with van der Waals surface area (Å²) < 4.78 is 41.5. The minimum atomic E-state index is -4.62. The highest BCUT2D eigenvalue weighted by molar-refractivity contribution is 7.23. The Hall–Kier alpha value is -3.76. The Bertz CT molecular complexity index is 1540. The number of aromatic nitrogens is 1. The SMILES string of the molecule is O=C(c1cccc(C(F)(F)F)c1)c1c(NC(=O)C2CCNCC2)sc2c1ccc(=O)n2-c1ccccc1. The summed E-state index contributed by atoms with van der Waals surface area (Å²) in [5.41, 5.74) is -0.821. The van der Waals surface area contributed by atoms with Crippen LogP contribution in [0.15, 0.2) is 71.5 Å². The van der Waals surface area contributed by atoms with Crippen LogP contribution in [0.2, 0.25) is 0 Å². The summed E-state index contributed by atoms with van der Waals surface area (Å²) in [6.45, 7) is 1.38. The Balaban J connectivity index is 1.68. The number of nitrogens with zero attached hydrogens (tertiary/aromatic N) is 1. The van der Waals surface area contributed by atoms with Gasteiger partial charge in [0.05, 0.1) is 16.8 Å². The van der Waals surface area contributed by atoms with Crippen LogP contribution in [0, 0.1) is 5.92 Å². The maximum atomic E-state index is 13.7. The minimum Gasteiger partial charge on any atom is -0.317 e. The average molecular weight is 526 g/mol. The number of anilines is 1. The number of fused-ring (bicyclic) bond motifs is 1. The summed E-state index contributed by atoms with van der Waals surface area (Å²) in [7, 11) is 0. The Morgan fingerprint density at radius 2 is 1.70 bits per heavy atom. The summed E-state index contributed by atoms with van der Waals surface area (Å²) in [5.74, 6) is -1.20. The number of rotatable bonds is 5. The van der Waals surface area contributed by atoms with E-state index < -0.39 is 17.5 Å². The van der Waals surface area contributed by atoms with Crippen molar-refractivity contribution in [3.05, 3.63) is 93.8 Å². The molecule has 0 spiro atoms. The molecule has 0 aliphatic carbocycles. The fourth-order valence-electron chi connectivity index (χ4n) is 4.50. The van der Waals surface area contributed by atoms with Gasteiger partial charge in [-0.3, -0.25) is 19.0 Å². The first kappa shape index (κ1) is 24.9. The van der Waals surface area contributed by atoms with Crippen molar-refractivity contribution in [3.63, 3.8) is 0 Å². The van der Waals surface area contributed by atoms with Crippen LogP contribution in [0.25, 0.3) is 15.9 Å². The van der Waals surface area contributed by atoms with Crippen molar-refractivity contribution in [3.8, 4) is 5.69 Å². The van der Waals surface area contributed by atoms with Crippen molar-refractivity contribution < 1.29 is 22.8 Å². The van der Waals surface area contributed by atoms with Gasteiger partial charge in [0.1, 0.15) is 9.83 Å². The third kappa shape index (κ3) is 4.94. The molecular formula is C27H22F3N3O3S. The summed E-state index contributed by atoms with van der Waals surface area (Å²) in [6.07, 6.45) is -3.36. The molecule has 4 aromatic rings. The van der Waals surface area contributed by atoms with Crippen molar-refractivity contribution in [1.82, 2.24) is 9.88 Å². The number of hydrogen-bond donors (Lipinski definition) is 2. The third-order valence-electron chi connectivity index (χ3n) is 6.38. The standard InChI is InChI=1S/C27H22F3N3O3S/c28-27(29,30)18-6-4-5-17(15-18)23(35)22-20-9-10-21(34)33(19-7-2-1-3-8-19)26(20)37-25(22)32-24(36)16-11-13-31-14-12-16/h1-10,15-16,31H,11-14H2,(H,32,36).